The molecule has 12 heteroatoms. The van der Waals surface area contributed by atoms with Gasteiger partial charge in [-0.25, -0.2) is 8.42 Å². The summed E-state index contributed by atoms with van der Waals surface area (Å²) in [5, 5.41) is 3.22. The van der Waals surface area contributed by atoms with Crippen molar-refractivity contribution < 1.29 is 27.4 Å². The quantitative estimate of drug-likeness (QED) is 0.299. The molecule has 2 heterocycles. The van der Waals surface area contributed by atoms with Crippen molar-refractivity contribution in [2.24, 2.45) is 16.1 Å². The number of rotatable bonds is 7. The minimum Gasteiger partial charge on any atom is -0.336 e. The highest BCUT2D eigenvalue weighted by molar-refractivity contribution is 7.92. The number of Topliss-reactive ketones (excluding diaryl/α,β-unsaturated/α-hetero) is 1. The number of fused-ring (bicyclic) bond motifs is 1. The number of anilines is 2. The Kier molecular flexibility index (Phi) is 6.74. The molecule has 1 fully saturated rings. The summed E-state index contributed by atoms with van der Waals surface area (Å²) in [5.41, 5.74) is 0.655. The first-order valence-corrected chi connectivity index (χ1v) is 14.0. The molecule has 0 bridgehead atoms. The number of amides is 1. The summed E-state index contributed by atoms with van der Waals surface area (Å²) in [4.78, 5) is 38.8. The summed E-state index contributed by atoms with van der Waals surface area (Å²) in [6, 6.07) is 4.47. The summed E-state index contributed by atoms with van der Waals surface area (Å²) in [6.07, 6.45) is 1.69. The second-order valence-electron chi connectivity index (χ2n) is 9.22. The Labute approximate surface area is 194 Å². The lowest BCUT2D eigenvalue weighted by Gasteiger charge is -2.25. The molecule has 10 nitrogen and oxygen atoms in total. The minimum absolute atomic E-state index is 0.00925. The van der Waals surface area contributed by atoms with Crippen LogP contribution in [0.15, 0.2) is 35.2 Å². The molecular formula is C21H30N4O6PS+. The highest BCUT2D eigenvalue weighted by Gasteiger charge is 2.54. The summed E-state index contributed by atoms with van der Waals surface area (Å²) in [7, 11) is -7.19. The van der Waals surface area contributed by atoms with Gasteiger partial charge in [0, 0.05) is 12.6 Å². The van der Waals surface area contributed by atoms with E-state index in [1.807, 2.05) is 20.8 Å². The summed E-state index contributed by atoms with van der Waals surface area (Å²) in [6.45, 7) is 12.1. The first-order chi connectivity index (χ1) is 15.1. The zero-order valence-electron chi connectivity index (χ0n) is 19.4. The van der Waals surface area contributed by atoms with Crippen molar-refractivity contribution in [2.45, 2.75) is 34.1 Å². The van der Waals surface area contributed by atoms with Gasteiger partial charge in [0.2, 0.25) is 21.2 Å². The average Bonchev–Trinajstić information content (AvgIpc) is 2.87. The van der Waals surface area contributed by atoms with Crippen molar-refractivity contribution in [3.8, 4) is 0 Å². The lowest BCUT2D eigenvalue weighted by molar-refractivity contribution is -0.129. The van der Waals surface area contributed by atoms with E-state index in [-0.39, 0.29) is 34.5 Å². The van der Waals surface area contributed by atoms with Gasteiger partial charge in [0.05, 0.1) is 29.9 Å². The van der Waals surface area contributed by atoms with Gasteiger partial charge in [-0.1, -0.05) is 27.4 Å². The van der Waals surface area contributed by atoms with Gasteiger partial charge in [0.25, 0.3) is 0 Å². The van der Waals surface area contributed by atoms with Crippen LogP contribution in [0.1, 0.15) is 34.1 Å². The number of carbonyl (C=O) groups excluding carboxylic acids is 2. The van der Waals surface area contributed by atoms with Crippen LogP contribution >= 0.6 is 7.87 Å². The van der Waals surface area contributed by atoms with E-state index < -0.39 is 35.5 Å². The van der Waals surface area contributed by atoms with Crippen LogP contribution in [-0.2, 0) is 24.1 Å². The van der Waals surface area contributed by atoms with Crippen molar-refractivity contribution in [1.29, 1.82) is 0 Å². The molecule has 1 aromatic rings. The number of nitrogens with zero attached hydrogens (tertiary/aromatic N) is 2. The second kappa shape index (κ2) is 8.79. The van der Waals surface area contributed by atoms with E-state index in [9.17, 15) is 22.9 Å². The maximum Gasteiger partial charge on any atom is 0.431 e. The number of sulfonamides is 1. The molecule has 2 aliphatic heterocycles. The molecule has 0 aromatic heterocycles. The number of likely N-dealkylation sites (tertiary alicyclic amines) is 1. The van der Waals surface area contributed by atoms with E-state index in [1.165, 1.54) is 23.1 Å². The fraction of sp³-hybridized carbons (Fsp3) is 0.476. The number of nitrogens with one attached hydrogen (secondary N) is 2. The summed E-state index contributed by atoms with van der Waals surface area (Å²) < 4.78 is 35.5. The minimum atomic E-state index is -3.65. The normalized spacial score (nSPS) is 23.3. The first-order valence-electron chi connectivity index (χ1n) is 10.5. The molecular weight excluding hydrogens is 467 g/mol. The maximum absolute atomic E-state index is 13.2. The molecule has 2 aliphatic rings. The van der Waals surface area contributed by atoms with Gasteiger partial charge < -0.3 is 10.2 Å². The first kappa shape index (κ1) is 25.3. The van der Waals surface area contributed by atoms with Gasteiger partial charge in [-0.2, -0.15) is 9.42 Å². The van der Waals surface area contributed by atoms with E-state index in [1.54, 1.807) is 6.92 Å². The lowest BCUT2D eigenvalue weighted by atomic mass is 9.92. The smallest absolute Gasteiger partial charge is 0.336 e. The van der Waals surface area contributed by atoms with Crippen LogP contribution in [0.25, 0.3) is 0 Å². The van der Waals surface area contributed by atoms with Crippen LogP contribution in [0.4, 0.5) is 11.4 Å². The third-order valence-corrected chi connectivity index (χ3v) is 7.88. The standard InChI is InChI=1S/C21H30N4O6PS/c1-7-31-32(28)16-12-14(24-33(6,29)30)8-9-15(16)22-19(23-32)17-18(26)13(2)25(20(17)27)11-10-21(3,4)5/h8-9,12,17,24,28H,2,7,10-11H2,1,3-6H3,(H,22,23)/q+1. The predicted molar refractivity (Wildman–Crippen MR) is 130 cm³/mol. The van der Waals surface area contributed by atoms with E-state index >= 15 is 0 Å². The average molecular weight is 498 g/mol. The van der Waals surface area contributed by atoms with E-state index in [2.05, 4.69) is 21.4 Å². The van der Waals surface area contributed by atoms with E-state index in [0.717, 1.165) is 6.26 Å². The summed E-state index contributed by atoms with van der Waals surface area (Å²) >= 11 is 0. The Morgan fingerprint density at radius 3 is 2.58 bits per heavy atom. The molecule has 2 atom stereocenters. The molecule has 0 saturated carbocycles. The number of hydrogen-bond acceptors (Lipinski definition) is 8. The van der Waals surface area contributed by atoms with Gasteiger partial charge in [-0.15, -0.1) is 0 Å². The number of benzene rings is 1. The highest BCUT2D eigenvalue weighted by Crippen LogP contribution is 2.60. The van der Waals surface area contributed by atoms with Gasteiger partial charge >= 0.3 is 7.87 Å². The predicted octanol–water partition coefficient (Wildman–Crippen LogP) is 2.28. The van der Waals surface area contributed by atoms with Gasteiger partial charge in [0.1, 0.15) is 0 Å². The molecule has 3 N–H and O–H groups in total. The number of hydrogen-bond donors (Lipinski definition) is 3. The molecule has 0 spiro atoms. The Hall–Kier alpha value is -2.33. The van der Waals surface area contributed by atoms with Crippen LogP contribution < -0.4 is 15.3 Å². The Balaban J connectivity index is 1.98. The number of amidine groups is 1. The molecule has 0 radical (unpaired) electrons. The number of allylic oxidation sites excluding steroid dienone is 1. The number of ketones is 1. The fourth-order valence-corrected chi connectivity index (χ4v) is 5.99. The zero-order chi connectivity index (χ0) is 24.8. The molecule has 0 aliphatic carbocycles. The van der Waals surface area contributed by atoms with Gasteiger partial charge in [-0.05, 0) is 35.7 Å². The molecule has 1 amide bonds. The van der Waals surface area contributed by atoms with Gasteiger partial charge in [0.15, 0.2) is 17.5 Å². The largest absolute Gasteiger partial charge is 0.431 e. The topological polar surface area (TPSA) is 137 Å². The molecule has 2 unspecified atom stereocenters. The van der Waals surface area contributed by atoms with E-state index in [0.29, 0.717) is 18.7 Å². The fourth-order valence-electron chi connectivity index (χ4n) is 3.56. The molecule has 1 saturated heterocycles. The summed E-state index contributed by atoms with van der Waals surface area (Å²) in [5.74, 6) is -2.21. The third kappa shape index (κ3) is 5.43. The van der Waals surface area contributed by atoms with E-state index in [4.69, 9.17) is 4.52 Å². The van der Waals surface area contributed by atoms with Crippen molar-refractivity contribution >= 4 is 52.1 Å². The zero-order valence-corrected chi connectivity index (χ0v) is 21.1. The third-order valence-electron chi connectivity index (χ3n) is 5.17. The van der Waals surface area contributed by atoms with Crippen LogP contribution in [0.5, 0.6) is 0 Å². The maximum atomic E-state index is 13.2. The monoisotopic (exact) mass is 497 g/mol. The van der Waals surface area contributed by atoms with Crippen LogP contribution in [0.3, 0.4) is 0 Å². The van der Waals surface area contributed by atoms with Crippen molar-refractivity contribution in [1.82, 2.24) is 4.90 Å². The van der Waals surface area contributed by atoms with Crippen molar-refractivity contribution in [3.05, 3.63) is 30.5 Å². The lowest BCUT2D eigenvalue weighted by Crippen LogP contribution is -2.39. The van der Waals surface area contributed by atoms with Crippen molar-refractivity contribution in [3.63, 3.8) is 0 Å². The second-order valence-corrected chi connectivity index (χ2v) is 13.0. The molecule has 33 heavy (non-hydrogen) atoms. The Morgan fingerprint density at radius 2 is 2.00 bits per heavy atom. The number of carbonyl (C=O) groups is 2. The molecule has 3 rings (SSSR count). The highest BCUT2D eigenvalue weighted by atomic mass is 32.2. The van der Waals surface area contributed by atoms with Crippen LogP contribution in [0.2, 0.25) is 0 Å². The van der Waals surface area contributed by atoms with Crippen LogP contribution in [0, 0.1) is 11.3 Å². The van der Waals surface area contributed by atoms with Crippen LogP contribution in [-0.4, -0.2) is 55.1 Å². The van der Waals surface area contributed by atoms with Crippen molar-refractivity contribution in [2.75, 3.05) is 29.4 Å². The SMILES string of the molecule is C=C1C(=O)C(C2=N[P+](O)(OCC)c3cc(NS(C)(=O)=O)ccc3N2)C(=O)N1CCC(C)(C)C. The molecule has 180 valence electrons. The van der Waals surface area contributed by atoms with Gasteiger partial charge in [-0.3, -0.25) is 14.3 Å². The Bertz CT molecular complexity index is 1140. The molecule has 1 aromatic carbocycles. The Morgan fingerprint density at radius 1 is 1.33 bits per heavy atom.